The third-order valence-corrected chi connectivity index (χ3v) is 6.72. The van der Waals surface area contributed by atoms with E-state index in [1.807, 2.05) is 13.0 Å². The first-order chi connectivity index (χ1) is 13.6. The number of benzene rings is 1. The van der Waals surface area contributed by atoms with Crippen LogP contribution >= 0.6 is 24.8 Å². The Kier molecular flexibility index (Phi) is 7.13. The minimum atomic E-state index is 0. The molecule has 0 radical (unpaired) electrons. The number of nitrogens with one attached hydrogen (secondary N) is 1. The van der Waals surface area contributed by atoms with Crippen LogP contribution in [0, 0.1) is 6.92 Å². The predicted molar refractivity (Wildman–Crippen MR) is 125 cm³/mol. The van der Waals surface area contributed by atoms with Crippen LogP contribution in [0.3, 0.4) is 0 Å². The van der Waals surface area contributed by atoms with Gasteiger partial charge in [0.2, 0.25) is 0 Å². The Labute approximate surface area is 191 Å². The molecule has 1 aromatic heterocycles. The lowest BCUT2D eigenvalue weighted by Crippen LogP contribution is -2.64. The van der Waals surface area contributed by atoms with E-state index in [1.165, 1.54) is 24.0 Å². The number of nitrogens with zero attached hydrogens (tertiary/aromatic N) is 4. The lowest BCUT2D eigenvalue weighted by molar-refractivity contribution is 0.0695. The molecule has 5 rings (SSSR count). The first-order valence-electron chi connectivity index (χ1n) is 10.4. The number of fused-ring (bicyclic) bond motifs is 2. The highest BCUT2D eigenvalue weighted by atomic mass is 35.5. The van der Waals surface area contributed by atoms with Gasteiger partial charge in [-0.2, -0.15) is 0 Å². The second-order valence-electron chi connectivity index (χ2n) is 8.41. The van der Waals surface area contributed by atoms with Crippen LogP contribution in [0.15, 0.2) is 24.3 Å². The second kappa shape index (κ2) is 9.27. The Morgan fingerprint density at radius 3 is 2.63 bits per heavy atom. The zero-order chi connectivity index (χ0) is 19.1. The van der Waals surface area contributed by atoms with Crippen molar-refractivity contribution in [3.8, 4) is 5.75 Å². The Bertz CT molecular complexity index is 888. The lowest BCUT2D eigenvalue weighted by Gasteiger charge is -2.52. The summed E-state index contributed by atoms with van der Waals surface area (Å²) < 4.78 is 6.07. The van der Waals surface area contributed by atoms with Gasteiger partial charge in [-0.1, -0.05) is 18.2 Å². The molecule has 3 aliphatic heterocycles. The quantitative estimate of drug-likeness (QED) is 0.718. The van der Waals surface area contributed by atoms with Crippen molar-refractivity contribution in [2.24, 2.45) is 0 Å². The molecule has 164 valence electrons. The number of piperazine rings is 1. The molecule has 0 atom stereocenters. The van der Waals surface area contributed by atoms with Gasteiger partial charge in [0.1, 0.15) is 24.0 Å². The number of hydrogen-bond acceptors (Lipinski definition) is 6. The fourth-order valence-electron chi connectivity index (χ4n) is 5.00. The Morgan fingerprint density at radius 1 is 1.07 bits per heavy atom. The Morgan fingerprint density at radius 2 is 1.83 bits per heavy atom. The topological polar surface area (TPSA) is 53.5 Å². The van der Waals surface area contributed by atoms with Crippen LogP contribution < -0.4 is 15.0 Å². The van der Waals surface area contributed by atoms with Gasteiger partial charge in [0, 0.05) is 37.2 Å². The number of anilines is 1. The molecule has 1 spiro atoms. The number of rotatable bonds is 1. The largest absolute Gasteiger partial charge is 0.487 e. The molecule has 4 heterocycles. The van der Waals surface area contributed by atoms with Crippen LogP contribution in [-0.2, 0) is 13.0 Å². The summed E-state index contributed by atoms with van der Waals surface area (Å²) in [5.74, 6) is 2.92. The van der Waals surface area contributed by atoms with Gasteiger partial charge in [0.05, 0.1) is 5.69 Å². The van der Waals surface area contributed by atoms with Crippen molar-refractivity contribution in [2.75, 3.05) is 44.7 Å². The minimum Gasteiger partial charge on any atom is -0.487 e. The molecule has 2 saturated heterocycles. The van der Waals surface area contributed by atoms with E-state index in [0.717, 1.165) is 62.2 Å². The maximum atomic E-state index is 6.07. The van der Waals surface area contributed by atoms with Crippen molar-refractivity contribution in [1.82, 2.24) is 20.2 Å². The minimum absolute atomic E-state index is 0. The number of piperidine rings is 1. The lowest BCUT2D eigenvalue weighted by atomic mass is 9.84. The molecule has 1 aromatic carbocycles. The van der Waals surface area contributed by atoms with Crippen LogP contribution in [0.25, 0.3) is 0 Å². The summed E-state index contributed by atoms with van der Waals surface area (Å²) in [5.41, 5.74) is 3.75. The van der Waals surface area contributed by atoms with Gasteiger partial charge in [0.25, 0.3) is 0 Å². The van der Waals surface area contributed by atoms with Gasteiger partial charge in [-0.3, -0.25) is 4.90 Å². The third kappa shape index (κ3) is 4.11. The zero-order valence-corrected chi connectivity index (χ0v) is 19.3. The van der Waals surface area contributed by atoms with E-state index in [4.69, 9.17) is 14.7 Å². The number of likely N-dealkylation sites (N-methyl/N-ethyl adjacent to an activating group) is 1. The first-order valence-corrected chi connectivity index (χ1v) is 10.4. The van der Waals surface area contributed by atoms with Gasteiger partial charge in [-0.25, -0.2) is 9.97 Å². The molecular weight excluding hydrogens is 421 g/mol. The molecule has 30 heavy (non-hydrogen) atoms. The predicted octanol–water partition coefficient (Wildman–Crippen LogP) is 2.99. The average molecular weight is 452 g/mol. The number of halogens is 2. The number of aryl methyl sites for hydroxylation is 1. The van der Waals surface area contributed by atoms with E-state index in [9.17, 15) is 0 Å². The van der Waals surface area contributed by atoms with Crippen molar-refractivity contribution in [3.05, 3.63) is 46.9 Å². The Balaban J connectivity index is 0.00000128. The summed E-state index contributed by atoms with van der Waals surface area (Å²) in [5, 5.41) is 3.52. The molecule has 0 saturated carbocycles. The molecule has 0 unspecified atom stereocenters. The molecule has 6 nitrogen and oxygen atoms in total. The third-order valence-electron chi connectivity index (χ3n) is 6.72. The first kappa shape index (κ1) is 23.1. The number of hydrogen-bond donors (Lipinski definition) is 1. The monoisotopic (exact) mass is 451 g/mol. The highest BCUT2D eigenvalue weighted by Crippen LogP contribution is 2.36. The maximum absolute atomic E-state index is 6.07. The van der Waals surface area contributed by atoms with Crippen LogP contribution in [-0.4, -0.2) is 60.2 Å². The van der Waals surface area contributed by atoms with E-state index in [-0.39, 0.29) is 30.4 Å². The fourth-order valence-corrected chi connectivity index (χ4v) is 5.00. The van der Waals surface area contributed by atoms with Crippen molar-refractivity contribution in [3.63, 3.8) is 0 Å². The Hall–Kier alpha value is -1.60. The molecular formula is C22H31Cl2N5O. The average Bonchev–Trinajstić information content (AvgIpc) is 2.90. The summed E-state index contributed by atoms with van der Waals surface area (Å²) >= 11 is 0. The summed E-state index contributed by atoms with van der Waals surface area (Å²) in [7, 11) is 2.29. The van der Waals surface area contributed by atoms with E-state index < -0.39 is 0 Å². The maximum Gasteiger partial charge on any atom is 0.136 e. The number of aromatic nitrogens is 2. The fraction of sp³-hybridized carbons (Fsp3) is 0.545. The zero-order valence-electron chi connectivity index (χ0n) is 17.7. The molecule has 8 heteroatoms. The van der Waals surface area contributed by atoms with Crippen LogP contribution in [0.4, 0.5) is 5.82 Å². The smallest absolute Gasteiger partial charge is 0.136 e. The van der Waals surface area contributed by atoms with E-state index >= 15 is 0 Å². The van der Waals surface area contributed by atoms with Crippen molar-refractivity contribution < 1.29 is 4.74 Å². The summed E-state index contributed by atoms with van der Waals surface area (Å²) in [6.07, 6.45) is 3.22. The molecule has 2 aromatic rings. The van der Waals surface area contributed by atoms with Gasteiger partial charge in [0.15, 0.2) is 0 Å². The van der Waals surface area contributed by atoms with E-state index in [0.29, 0.717) is 6.61 Å². The van der Waals surface area contributed by atoms with Crippen molar-refractivity contribution in [1.29, 1.82) is 0 Å². The van der Waals surface area contributed by atoms with Crippen LogP contribution in [0.2, 0.25) is 0 Å². The van der Waals surface area contributed by atoms with Gasteiger partial charge in [-0.15, -0.1) is 24.8 Å². The van der Waals surface area contributed by atoms with Gasteiger partial charge < -0.3 is 15.0 Å². The SMILES string of the molecule is Cc1nc2c(c(N3CCN(C)C4(CCNCC4)C3)n1)Cc1ccccc1OC2.Cl.Cl. The molecule has 2 fully saturated rings. The number of ether oxygens (including phenoxy) is 1. The van der Waals surface area contributed by atoms with Crippen LogP contribution in [0.1, 0.15) is 35.5 Å². The standard InChI is InChI=1S/C22H29N5O.2ClH/c1-16-24-19-14-28-20-6-4-3-5-17(20)13-18(19)21(25-16)27-12-11-26(2)22(15-27)7-9-23-10-8-22;;/h3-6,23H,7-15H2,1-2H3;2*1H. The van der Waals surface area contributed by atoms with Crippen molar-refractivity contribution in [2.45, 2.75) is 38.3 Å². The van der Waals surface area contributed by atoms with Crippen molar-refractivity contribution >= 4 is 30.6 Å². The van der Waals surface area contributed by atoms with E-state index in [1.54, 1.807) is 0 Å². The van der Waals surface area contributed by atoms with Gasteiger partial charge >= 0.3 is 0 Å². The second-order valence-corrected chi connectivity index (χ2v) is 8.41. The summed E-state index contributed by atoms with van der Waals surface area (Å²) in [6.45, 7) is 7.84. The molecule has 0 aliphatic carbocycles. The van der Waals surface area contributed by atoms with E-state index in [2.05, 4.69) is 40.4 Å². The number of para-hydroxylation sites is 1. The van der Waals surface area contributed by atoms with Crippen LogP contribution in [0.5, 0.6) is 5.75 Å². The van der Waals surface area contributed by atoms with Gasteiger partial charge in [-0.05, 0) is 51.5 Å². The highest BCUT2D eigenvalue weighted by molar-refractivity contribution is 5.85. The normalized spacial score (nSPS) is 20.1. The molecule has 3 aliphatic rings. The molecule has 0 amide bonds. The molecule has 1 N–H and O–H groups in total. The molecule has 0 bridgehead atoms. The summed E-state index contributed by atoms with van der Waals surface area (Å²) in [6, 6.07) is 8.34. The highest BCUT2D eigenvalue weighted by Gasteiger charge is 2.41. The summed E-state index contributed by atoms with van der Waals surface area (Å²) in [4.78, 5) is 14.8.